The molecule has 1 aromatic heterocycles. The van der Waals surface area contributed by atoms with Crippen LogP contribution in [0.15, 0.2) is 30.6 Å². The fourth-order valence-corrected chi connectivity index (χ4v) is 1.90. The van der Waals surface area contributed by atoms with E-state index in [1.807, 2.05) is 42.2 Å². The molecule has 19 heavy (non-hydrogen) atoms. The summed E-state index contributed by atoms with van der Waals surface area (Å²) in [7, 11) is 5.31. The number of nitrogens with zero attached hydrogens (tertiary/aromatic N) is 2. The quantitative estimate of drug-likeness (QED) is 0.865. The molecule has 2 aromatic rings. The number of anilines is 1. The van der Waals surface area contributed by atoms with Crippen LogP contribution in [0.3, 0.4) is 0 Å². The molecule has 0 radical (unpaired) electrons. The molecule has 0 unspecified atom stereocenters. The molecule has 0 spiro atoms. The van der Waals surface area contributed by atoms with Gasteiger partial charge in [-0.15, -0.1) is 0 Å². The first-order chi connectivity index (χ1) is 9.24. The van der Waals surface area contributed by atoms with Gasteiger partial charge in [-0.1, -0.05) is 0 Å². The second-order valence-electron chi connectivity index (χ2n) is 4.20. The molecule has 2 rings (SSSR count). The third-order valence-electron chi connectivity index (χ3n) is 2.99. The van der Waals surface area contributed by atoms with E-state index in [2.05, 4.69) is 10.3 Å². The summed E-state index contributed by atoms with van der Waals surface area (Å²) in [5, 5.41) is 3.35. The van der Waals surface area contributed by atoms with Crippen LogP contribution in [-0.2, 0) is 13.5 Å². The van der Waals surface area contributed by atoms with Crippen LogP contribution in [0.5, 0.6) is 11.5 Å². The van der Waals surface area contributed by atoms with E-state index in [-0.39, 0.29) is 0 Å². The van der Waals surface area contributed by atoms with Gasteiger partial charge < -0.3 is 19.4 Å². The molecule has 0 amide bonds. The highest BCUT2D eigenvalue weighted by atomic mass is 16.5. The lowest BCUT2D eigenvalue weighted by atomic mass is 10.2. The fraction of sp³-hybridized carbons (Fsp3) is 0.357. The van der Waals surface area contributed by atoms with Crippen molar-refractivity contribution in [2.24, 2.45) is 7.05 Å². The number of ether oxygens (including phenoxy) is 2. The Morgan fingerprint density at radius 1 is 1.26 bits per heavy atom. The second kappa shape index (κ2) is 6.13. The van der Waals surface area contributed by atoms with Gasteiger partial charge in [-0.3, -0.25) is 0 Å². The number of aromatic nitrogens is 2. The van der Waals surface area contributed by atoms with Gasteiger partial charge in [0.25, 0.3) is 0 Å². The Kier molecular flexibility index (Phi) is 4.28. The van der Waals surface area contributed by atoms with E-state index in [0.717, 1.165) is 36.0 Å². The molecule has 0 bridgehead atoms. The molecule has 0 atom stereocenters. The van der Waals surface area contributed by atoms with E-state index in [0.29, 0.717) is 0 Å². The molecule has 0 saturated carbocycles. The lowest BCUT2D eigenvalue weighted by Gasteiger charge is -2.12. The van der Waals surface area contributed by atoms with Gasteiger partial charge in [-0.2, -0.15) is 0 Å². The maximum atomic E-state index is 5.32. The zero-order valence-electron chi connectivity index (χ0n) is 11.5. The van der Waals surface area contributed by atoms with Gasteiger partial charge in [-0.25, -0.2) is 4.98 Å². The van der Waals surface area contributed by atoms with Crippen molar-refractivity contribution >= 4 is 5.69 Å². The van der Waals surface area contributed by atoms with Crippen molar-refractivity contribution < 1.29 is 9.47 Å². The van der Waals surface area contributed by atoms with Gasteiger partial charge in [0, 0.05) is 38.5 Å². The monoisotopic (exact) mass is 261 g/mol. The highest BCUT2D eigenvalue weighted by Crippen LogP contribution is 2.28. The molecule has 0 saturated heterocycles. The van der Waals surface area contributed by atoms with E-state index in [1.165, 1.54) is 0 Å². The Bertz CT molecular complexity index is 537. The average molecular weight is 261 g/mol. The smallest absolute Gasteiger partial charge is 0.142 e. The number of methoxy groups -OCH3 is 2. The van der Waals surface area contributed by atoms with Gasteiger partial charge in [0.15, 0.2) is 0 Å². The molecule has 1 N–H and O–H groups in total. The predicted octanol–water partition coefficient (Wildman–Crippen LogP) is 2.09. The Morgan fingerprint density at radius 2 is 2.11 bits per heavy atom. The van der Waals surface area contributed by atoms with Crippen molar-refractivity contribution in [3.05, 3.63) is 36.4 Å². The third kappa shape index (κ3) is 3.19. The van der Waals surface area contributed by atoms with E-state index in [4.69, 9.17) is 9.47 Å². The van der Waals surface area contributed by atoms with Gasteiger partial charge >= 0.3 is 0 Å². The van der Waals surface area contributed by atoms with Crippen LogP contribution in [0, 0.1) is 0 Å². The minimum Gasteiger partial charge on any atom is -0.497 e. The Hall–Kier alpha value is -2.17. The van der Waals surface area contributed by atoms with Gasteiger partial charge in [0.1, 0.15) is 17.3 Å². The molecule has 0 aliphatic heterocycles. The third-order valence-corrected chi connectivity index (χ3v) is 2.99. The number of imidazole rings is 1. The maximum absolute atomic E-state index is 5.32. The molecule has 102 valence electrons. The Labute approximate surface area is 113 Å². The highest BCUT2D eigenvalue weighted by molar-refractivity contribution is 5.59. The van der Waals surface area contributed by atoms with Crippen LogP contribution in [0.2, 0.25) is 0 Å². The topological polar surface area (TPSA) is 48.3 Å². The summed E-state index contributed by atoms with van der Waals surface area (Å²) in [6, 6.07) is 5.70. The van der Waals surface area contributed by atoms with E-state index in [9.17, 15) is 0 Å². The Morgan fingerprint density at radius 3 is 2.74 bits per heavy atom. The molecule has 1 aromatic carbocycles. The van der Waals surface area contributed by atoms with Crippen molar-refractivity contribution in [1.29, 1.82) is 0 Å². The van der Waals surface area contributed by atoms with Crippen molar-refractivity contribution in [2.75, 3.05) is 26.1 Å². The largest absolute Gasteiger partial charge is 0.497 e. The number of hydrogen-bond acceptors (Lipinski definition) is 4. The molecule has 0 aliphatic rings. The van der Waals surface area contributed by atoms with Gasteiger partial charge in [0.05, 0.1) is 19.9 Å². The molecule has 1 heterocycles. The first kappa shape index (κ1) is 13.3. The molecular formula is C14H19N3O2. The molecular weight excluding hydrogens is 242 g/mol. The van der Waals surface area contributed by atoms with E-state index in [1.54, 1.807) is 14.2 Å². The lowest BCUT2D eigenvalue weighted by Crippen LogP contribution is -2.09. The van der Waals surface area contributed by atoms with Crippen LogP contribution in [0.25, 0.3) is 0 Å². The van der Waals surface area contributed by atoms with E-state index >= 15 is 0 Å². The first-order valence-electron chi connectivity index (χ1n) is 6.16. The summed E-state index contributed by atoms with van der Waals surface area (Å²) in [4.78, 5) is 4.29. The second-order valence-corrected chi connectivity index (χ2v) is 4.20. The Balaban J connectivity index is 2.00. The number of benzene rings is 1. The standard InChI is InChI=1S/C14H19N3O2/c1-17-9-8-16-14(17)6-7-15-12-10-11(18-2)4-5-13(12)19-3/h4-5,8-10,15H,6-7H2,1-3H3. The summed E-state index contributed by atoms with van der Waals surface area (Å²) >= 11 is 0. The van der Waals surface area contributed by atoms with Crippen LogP contribution < -0.4 is 14.8 Å². The van der Waals surface area contributed by atoms with Gasteiger partial charge in [-0.05, 0) is 12.1 Å². The molecule has 5 nitrogen and oxygen atoms in total. The van der Waals surface area contributed by atoms with Gasteiger partial charge in [0.2, 0.25) is 0 Å². The van der Waals surface area contributed by atoms with Crippen molar-refractivity contribution in [3.63, 3.8) is 0 Å². The maximum Gasteiger partial charge on any atom is 0.142 e. The first-order valence-corrected chi connectivity index (χ1v) is 6.16. The van der Waals surface area contributed by atoms with E-state index < -0.39 is 0 Å². The normalized spacial score (nSPS) is 10.3. The summed E-state index contributed by atoms with van der Waals surface area (Å²) in [5.74, 6) is 2.66. The zero-order valence-corrected chi connectivity index (χ0v) is 11.5. The minimum absolute atomic E-state index is 0.786. The molecule has 0 fully saturated rings. The van der Waals surface area contributed by atoms with Crippen molar-refractivity contribution in [3.8, 4) is 11.5 Å². The van der Waals surface area contributed by atoms with Crippen LogP contribution in [0.4, 0.5) is 5.69 Å². The van der Waals surface area contributed by atoms with Crippen LogP contribution in [0.1, 0.15) is 5.82 Å². The summed E-state index contributed by atoms with van der Waals surface area (Å²) in [6.07, 6.45) is 4.60. The fourth-order valence-electron chi connectivity index (χ4n) is 1.90. The lowest BCUT2D eigenvalue weighted by molar-refractivity contribution is 0.404. The van der Waals surface area contributed by atoms with Crippen molar-refractivity contribution in [1.82, 2.24) is 9.55 Å². The SMILES string of the molecule is COc1ccc(OC)c(NCCc2nccn2C)c1. The molecule has 0 aliphatic carbocycles. The number of aryl methyl sites for hydroxylation is 1. The predicted molar refractivity (Wildman–Crippen MR) is 74.9 cm³/mol. The number of nitrogens with one attached hydrogen (secondary N) is 1. The number of rotatable bonds is 6. The summed E-state index contributed by atoms with van der Waals surface area (Å²) in [6.45, 7) is 0.786. The summed E-state index contributed by atoms with van der Waals surface area (Å²) < 4.78 is 12.5. The van der Waals surface area contributed by atoms with Crippen molar-refractivity contribution in [2.45, 2.75) is 6.42 Å². The average Bonchev–Trinajstić information content (AvgIpc) is 2.84. The van der Waals surface area contributed by atoms with Crippen LogP contribution >= 0.6 is 0 Å². The van der Waals surface area contributed by atoms with Crippen LogP contribution in [-0.4, -0.2) is 30.3 Å². The summed E-state index contributed by atoms with van der Waals surface area (Å²) in [5.41, 5.74) is 0.927. The molecule has 5 heteroatoms. The zero-order chi connectivity index (χ0) is 13.7. The number of hydrogen-bond donors (Lipinski definition) is 1. The highest BCUT2D eigenvalue weighted by Gasteiger charge is 2.05. The minimum atomic E-state index is 0.786.